The number of nitrogens with zero attached hydrogens (tertiary/aromatic N) is 3. The number of piperidine rings is 1. The van der Waals surface area contributed by atoms with Crippen molar-refractivity contribution in [2.75, 3.05) is 19.6 Å². The van der Waals surface area contributed by atoms with Crippen LogP contribution in [0.3, 0.4) is 0 Å². The van der Waals surface area contributed by atoms with E-state index in [1.54, 1.807) is 0 Å². The normalized spacial score (nSPS) is 18.3. The Kier molecular flexibility index (Phi) is 5.34. The lowest BCUT2D eigenvalue weighted by atomic mass is 9.96. The molecule has 1 aliphatic rings. The van der Waals surface area contributed by atoms with Crippen LogP contribution < -0.4 is 5.32 Å². The fourth-order valence-corrected chi connectivity index (χ4v) is 2.45. The van der Waals surface area contributed by atoms with Crippen LogP contribution in [0.2, 0.25) is 0 Å². The molecule has 0 aromatic carbocycles. The molecule has 0 radical (unpaired) electrons. The van der Waals surface area contributed by atoms with E-state index in [1.807, 2.05) is 6.92 Å². The SMILES string of the molecule is CCc1nc(CN2CCC(CNC(C)C)CC2)no1. The predicted molar refractivity (Wildman–Crippen MR) is 74.8 cm³/mol. The molecule has 0 spiro atoms. The number of likely N-dealkylation sites (tertiary alicyclic amines) is 1. The monoisotopic (exact) mass is 266 g/mol. The molecule has 5 nitrogen and oxygen atoms in total. The summed E-state index contributed by atoms with van der Waals surface area (Å²) in [7, 11) is 0. The Morgan fingerprint density at radius 1 is 1.37 bits per heavy atom. The van der Waals surface area contributed by atoms with Gasteiger partial charge in [0.1, 0.15) is 0 Å². The summed E-state index contributed by atoms with van der Waals surface area (Å²) in [6.45, 7) is 10.7. The summed E-state index contributed by atoms with van der Waals surface area (Å²) in [6, 6.07) is 0.588. The van der Waals surface area contributed by atoms with E-state index >= 15 is 0 Å². The topological polar surface area (TPSA) is 54.2 Å². The molecule has 1 aromatic rings. The van der Waals surface area contributed by atoms with Gasteiger partial charge in [-0.05, 0) is 38.4 Å². The summed E-state index contributed by atoms with van der Waals surface area (Å²) in [5.74, 6) is 2.39. The number of hydrogen-bond acceptors (Lipinski definition) is 5. The minimum Gasteiger partial charge on any atom is -0.339 e. The summed E-state index contributed by atoms with van der Waals surface area (Å²) in [4.78, 5) is 6.80. The third-order valence-electron chi connectivity index (χ3n) is 3.70. The van der Waals surface area contributed by atoms with Crippen molar-refractivity contribution in [3.8, 4) is 0 Å². The average molecular weight is 266 g/mol. The van der Waals surface area contributed by atoms with Crippen LogP contribution in [-0.2, 0) is 13.0 Å². The molecule has 1 fully saturated rings. The quantitative estimate of drug-likeness (QED) is 0.851. The predicted octanol–water partition coefficient (Wildman–Crippen LogP) is 1.84. The van der Waals surface area contributed by atoms with Crippen molar-refractivity contribution in [1.29, 1.82) is 0 Å². The van der Waals surface area contributed by atoms with Gasteiger partial charge in [-0.25, -0.2) is 0 Å². The first kappa shape index (κ1) is 14.5. The van der Waals surface area contributed by atoms with E-state index in [2.05, 4.69) is 34.2 Å². The van der Waals surface area contributed by atoms with Crippen LogP contribution in [0.15, 0.2) is 4.52 Å². The van der Waals surface area contributed by atoms with E-state index < -0.39 is 0 Å². The molecular weight excluding hydrogens is 240 g/mol. The second-order valence-corrected chi connectivity index (χ2v) is 5.74. The highest BCUT2D eigenvalue weighted by atomic mass is 16.5. The zero-order valence-corrected chi connectivity index (χ0v) is 12.4. The fourth-order valence-electron chi connectivity index (χ4n) is 2.45. The molecule has 108 valence electrons. The average Bonchev–Trinajstić information content (AvgIpc) is 2.85. The van der Waals surface area contributed by atoms with Crippen molar-refractivity contribution < 1.29 is 4.52 Å². The molecule has 0 bridgehead atoms. The number of aryl methyl sites for hydroxylation is 1. The Morgan fingerprint density at radius 3 is 2.68 bits per heavy atom. The molecule has 0 saturated carbocycles. The van der Waals surface area contributed by atoms with Gasteiger partial charge >= 0.3 is 0 Å². The van der Waals surface area contributed by atoms with Crippen LogP contribution in [0, 0.1) is 5.92 Å². The number of rotatable bonds is 6. The van der Waals surface area contributed by atoms with E-state index in [-0.39, 0.29) is 0 Å². The molecule has 1 aromatic heterocycles. The van der Waals surface area contributed by atoms with Crippen molar-refractivity contribution in [1.82, 2.24) is 20.4 Å². The molecule has 0 aliphatic carbocycles. The van der Waals surface area contributed by atoms with Crippen molar-refractivity contribution in [2.45, 2.75) is 52.6 Å². The van der Waals surface area contributed by atoms with Crippen LogP contribution in [-0.4, -0.2) is 40.7 Å². The van der Waals surface area contributed by atoms with Gasteiger partial charge in [0.15, 0.2) is 5.82 Å². The zero-order chi connectivity index (χ0) is 13.7. The number of aromatic nitrogens is 2. The van der Waals surface area contributed by atoms with E-state index in [9.17, 15) is 0 Å². The standard InChI is InChI=1S/C14H26N4O/c1-4-14-16-13(17-19-14)10-18-7-5-12(6-8-18)9-15-11(2)3/h11-12,15H,4-10H2,1-3H3. The van der Waals surface area contributed by atoms with Crippen LogP contribution >= 0.6 is 0 Å². The number of hydrogen-bond donors (Lipinski definition) is 1. The smallest absolute Gasteiger partial charge is 0.226 e. The lowest BCUT2D eigenvalue weighted by molar-refractivity contribution is 0.169. The van der Waals surface area contributed by atoms with Crippen LogP contribution in [0.1, 0.15) is 45.3 Å². The Labute approximate surface area is 115 Å². The van der Waals surface area contributed by atoms with Crippen LogP contribution in [0.5, 0.6) is 0 Å². The second-order valence-electron chi connectivity index (χ2n) is 5.74. The minimum atomic E-state index is 0.588. The first-order chi connectivity index (χ1) is 9.17. The van der Waals surface area contributed by atoms with Crippen molar-refractivity contribution in [2.24, 2.45) is 5.92 Å². The highest BCUT2D eigenvalue weighted by Gasteiger charge is 2.20. The molecule has 2 rings (SSSR count). The third kappa shape index (κ3) is 4.58. The summed E-state index contributed by atoms with van der Waals surface area (Å²) < 4.78 is 5.14. The van der Waals surface area contributed by atoms with Crippen molar-refractivity contribution in [3.05, 3.63) is 11.7 Å². The van der Waals surface area contributed by atoms with Gasteiger partial charge in [-0.1, -0.05) is 25.9 Å². The summed E-state index contributed by atoms with van der Waals surface area (Å²) in [6.07, 6.45) is 3.34. The van der Waals surface area contributed by atoms with Gasteiger partial charge in [-0.3, -0.25) is 4.90 Å². The third-order valence-corrected chi connectivity index (χ3v) is 3.70. The first-order valence-electron chi connectivity index (χ1n) is 7.44. The van der Waals surface area contributed by atoms with E-state index in [1.165, 1.54) is 12.8 Å². The lowest BCUT2D eigenvalue weighted by Crippen LogP contribution is -2.38. The highest BCUT2D eigenvalue weighted by molar-refractivity contribution is 4.87. The maximum absolute atomic E-state index is 5.14. The fraction of sp³-hybridized carbons (Fsp3) is 0.857. The van der Waals surface area contributed by atoms with E-state index in [0.717, 1.165) is 50.2 Å². The Bertz CT molecular complexity index is 369. The Balaban J connectivity index is 1.71. The Morgan fingerprint density at radius 2 is 2.11 bits per heavy atom. The summed E-state index contributed by atoms with van der Waals surface area (Å²) in [5, 5.41) is 7.55. The second kappa shape index (κ2) is 7.01. The van der Waals surface area contributed by atoms with Gasteiger partial charge in [0.25, 0.3) is 0 Å². The van der Waals surface area contributed by atoms with Crippen LogP contribution in [0.4, 0.5) is 0 Å². The molecule has 2 heterocycles. The molecule has 19 heavy (non-hydrogen) atoms. The molecule has 0 atom stereocenters. The molecule has 1 aliphatic heterocycles. The van der Waals surface area contributed by atoms with E-state index in [4.69, 9.17) is 4.52 Å². The molecule has 1 N–H and O–H groups in total. The minimum absolute atomic E-state index is 0.588. The van der Waals surface area contributed by atoms with Crippen LogP contribution in [0.25, 0.3) is 0 Å². The zero-order valence-electron chi connectivity index (χ0n) is 12.4. The summed E-state index contributed by atoms with van der Waals surface area (Å²) in [5.41, 5.74) is 0. The van der Waals surface area contributed by atoms with Gasteiger partial charge in [-0.2, -0.15) is 4.98 Å². The maximum Gasteiger partial charge on any atom is 0.226 e. The molecular formula is C14H26N4O. The van der Waals surface area contributed by atoms with Gasteiger partial charge in [0.2, 0.25) is 5.89 Å². The largest absolute Gasteiger partial charge is 0.339 e. The van der Waals surface area contributed by atoms with Gasteiger partial charge < -0.3 is 9.84 Å². The summed E-state index contributed by atoms with van der Waals surface area (Å²) >= 11 is 0. The van der Waals surface area contributed by atoms with Gasteiger partial charge in [-0.15, -0.1) is 0 Å². The van der Waals surface area contributed by atoms with Gasteiger partial charge in [0, 0.05) is 12.5 Å². The highest BCUT2D eigenvalue weighted by Crippen LogP contribution is 2.17. The molecule has 5 heteroatoms. The van der Waals surface area contributed by atoms with E-state index in [0.29, 0.717) is 6.04 Å². The number of nitrogens with one attached hydrogen (secondary N) is 1. The molecule has 1 saturated heterocycles. The maximum atomic E-state index is 5.14. The first-order valence-corrected chi connectivity index (χ1v) is 7.44. The van der Waals surface area contributed by atoms with Crippen molar-refractivity contribution in [3.63, 3.8) is 0 Å². The Hall–Kier alpha value is -0.940. The van der Waals surface area contributed by atoms with Gasteiger partial charge in [0.05, 0.1) is 6.54 Å². The molecule has 0 unspecified atom stereocenters. The molecule has 0 amide bonds. The van der Waals surface area contributed by atoms with Crippen molar-refractivity contribution >= 4 is 0 Å². The lowest BCUT2D eigenvalue weighted by Gasteiger charge is -2.31.